The van der Waals surface area contributed by atoms with Gasteiger partial charge >= 0.3 is 0 Å². The third kappa shape index (κ3) is 5.95. The molecule has 0 saturated heterocycles. The number of benzene rings is 9. The van der Waals surface area contributed by atoms with E-state index >= 15 is 0 Å². The second-order valence-electron chi connectivity index (χ2n) is 14.4. The van der Waals surface area contributed by atoms with Crippen molar-refractivity contribution < 1.29 is 0 Å². The Bertz CT molecular complexity index is 3300. The van der Waals surface area contributed by atoms with Gasteiger partial charge in [-0.2, -0.15) is 0 Å². The van der Waals surface area contributed by atoms with E-state index in [-0.39, 0.29) is 0 Å². The summed E-state index contributed by atoms with van der Waals surface area (Å²) in [6, 6.07) is 71.2. The van der Waals surface area contributed by atoms with Crippen LogP contribution in [0.3, 0.4) is 0 Å². The number of thiophene rings is 1. The molecule has 3 nitrogen and oxygen atoms in total. The molecule has 0 aliphatic rings. The molecule has 0 N–H and O–H groups in total. The SMILES string of the molecule is c1ccc(-c2nc(-c3cc(-c4ccc5c(c4)sc4ccccc45)cc(-c4cc5ccccc5c5ccccc45)c3)nc(-c3ccccc3-c3ccccc3)n2)cc1. The van der Waals surface area contributed by atoms with Gasteiger partial charge in [0.2, 0.25) is 0 Å². The number of rotatable bonds is 6. The molecule has 0 amide bonds. The quantitative estimate of drug-likeness (QED) is 0.159. The minimum absolute atomic E-state index is 0.623. The molecule has 0 aliphatic heterocycles. The largest absolute Gasteiger partial charge is 0.208 e. The minimum Gasteiger partial charge on any atom is -0.208 e. The highest BCUT2D eigenvalue weighted by Gasteiger charge is 2.18. The van der Waals surface area contributed by atoms with E-state index < -0.39 is 0 Å². The highest BCUT2D eigenvalue weighted by molar-refractivity contribution is 7.25. The first-order valence-electron chi connectivity index (χ1n) is 19.2. The van der Waals surface area contributed by atoms with E-state index in [9.17, 15) is 0 Å². The molecule has 0 atom stereocenters. The van der Waals surface area contributed by atoms with E-state index in [2.05, 4.69) is 176 Å². The lowest BCUT2D eigenvalue weighted by Gasteiger charge is -2.15. The first kappa shape index (κ1) is 33.1. The fourth-order valence-electron chi connectivity index (χ4n) is 8.17. The summed E-state index contributed by atoms with van der Waals surface area (Å²) in [5.74, 6) is 1.89. The van der Waals surface area contributed by atoms with Crippen molar-refractivity contribution in [3.05, 3.63) is 200 Å². The zero-order chi connectivity index (χ0) is 37.7. The highest BCUT2D eigenvalue weighted by Crippen LogP contribution is 2.41. The van der Waals surface area contributed by atoms with Crippen LogP contribution in [0.1, 0.15) is 0 Å². The molecule has 0 radical (unpaired) electrons. The first-order valence-corrected chi connectivity index (χ1v) is 20.0. The summed E-state index contributed by atoms with van der Waals surface area (Å²) in [5, 5.41) is 7.46. The van der Waals surface area contributed by atoms with Gasteiger partial charge in [-0.05, 0) is 91.3 Å². The molecule has 11 rings (SSSR count). The Hall–Kier alpha value is -7.27. The van der Waals surface area contributed by atoms with Crippen molar-refractivity contribution in [2.75, 3.05) is 0 Å². The Labute approximate surface area is 334 Å². The van der Waals surface area contributed by atoms with Crippen molar-refractivity contribution >= 4 is 53.1 Å². The Balaban J connectivity index is 1.18. The molecule has 2 heterocycles. The summed E-state index contributed by atoms with van der Waals surface area (Å²) in [6.45, 7) is 0. The molecule has 0 spiro atoms. The van der Waals surface area contributed by atoms with Crippen LogP contribution in [0.25, 0.3) is 109 Å². The molecule has 266 valence electrons. The van der Waals surface area contributed by atoms with Crippen molar-refractivity contribution in [2.45, 2.75) is 0 Å². The number of fused-ring (bicyclic) bond motifs is 6. The predicted molar refractivity (Wildman–Crippen MR) is 240 cm³/mol. The summed E-state index contributed by atoms with van der Waals surface area (Å²) in [4.78, 5) is 15.7. The number of nitrogens with zero attached hydrogens (tertiary/aromatic N) is 3. The second-order valence-corrected chi connectivity index (χ2v) is 15.5. The van der Waals surface area contributed by atoms with Crippen LogP contribution in [0.2, 0.25) is 0 Å². The highest BCUT2D eigenvalue weighted by atomic mass is 32.1. The van der Waals surface area contributed by atoms with Gasteiger partial charge in [0.05, 0.1) is 0 Å². The maximum absolute atomic E-state index is 5.33. The number of hydrogen-bond donors (Lipinski definition) is 0. The molecule has 0 saturated carbocycles. The van der Waals surface area contributed by atoms with Gasteiger partial charge < -0.3 is 0 Å². The average Bonchev–Trinajstić information content (AvgIpc) is 3.67. The van der Waals surface area contributed by atoms with Crippen molar-refractivity contribution in [1.29, 1.82) is 0 Å². The fraction of sp³-hybridized carbons (Fsp3) is 0. The molecule has 0 fully saturated rings. The molecular weight excluding hydrogens is 711 g/mol. The molecule has 0 bridgehead atoms. The Morgan fingerprint density at radius 3 is 1.63 bits per heavy atom. The van der Waals surface area contributed by atoms with Gasteiger partial charge in [0.1, 0.15) is 0 Å². The van der Waals surface area contributed by atoms with Crippen molar-refractivity contribution in [2.24, 2.45) is 0 Å². The van der Waals surface area contributed by atoms with Crippen molar-refractivity contribution in [1.82, 2.24) is 15.0 Å². The fourth-order valence-corrected chi connectivity index (χ4v) is 9.31. The van der Waals surface area contributed by atoms with Gasteiger partial charge in [0, 0.05) is 36.9 Å². The average molecular weight is 744 g/mol. The van der Waals surface area contributed by atoms with E-state index in [1.54, 1.807) is 0 Å². The summed E-state index contributed by atoms with van der Waals surface area (Å²) in [5.41, 5.74) is 9.53. The molecule has 57 heavy (non-hydrogen) atoms. The normalized spacial score (nSPS) is 11.5. The first-order chi connectivity index (χ1) is 28.2. The van der Waals surface area contributed by atoms with E-state index in [0.717, 1.165) is 44.5 Å². The third-order valence-corrected chi connectivity index (χ3v) is 12.0. The summed E-state index contributed by atoms with van der Waals surface area (Å²) >= 11 is 1.84. The Kier molecular flexibility index (Phi) is 8.01. The van der Waals surface area contributed by atoms with Crippen LogP contribution >= 0.6 is 11.3 Å². The van der Waals surface area contributed by atoms with Crippen LogP contribution in [0.4, 0.5) is 0 Å². The zero-order valence-corrected chi connectivity index (χ0v) is 31.6. The van der Waals surface area contributed by atoms with Gasteiger partial charge in [0.15, 0.2) is 17.5 Å². The van der Waals surface area contributed by atoms with Gasteiger partial charge in [-0.3, -0.25) is 0 Å². The molecule has 9 aromatic carbocycles. The third-order valence-electron chi connectivity index (χ3n) is 10.9. The lowest BCUT2D eigenvalue weighted by molar-refractivity contribution is 1.07. The summed E-state index contributed by atoms with van der Waals surface area (Å²) in [7, 11) is 0. The van der Waals surface area contributed by atoms with Gasteiger partial charge in [-0.25, -0.2) is 15.0 Å². The van der Waals surface area contributed by atoms with Crippen molar-refractivity contribution in [3.63, 3.8) is 0 Å². The molecule has 0 aliphatic carbocycles. The molecular formula is C53H33N3S. The number of hydrogen-bond acceptors (Lipinski definition) is 4. The summed E-state index contributed by atoms with van der Waals surface area (Å²) < 4.78 is 2.56. The zero-order valence-electron chi connectivity index (χ0n) is 30.8. The number of aromatic nitrogens is 3. The van der Waals surface area contributed by atoms with Crippen LogP contribution in [-0.2, 0) is 0 Å². The van der Waals surface area contributed by atoms with E-state index in [1.807, 2.05) is 35.6 Å². The predicted octanol–water partition coefficient (Wildman–Crippen LogP) is 14.5. The minimum atomic E-state index is 0.623. The van der Waals surface area contributed by atoms with E-state index in [0.29, 0.717) is 17.5 Å². The Morgan fingerprint density at radius 1 is 0.263 bits per heavy atom. The molecule has 2 aromatic heterocycles. The van der Waals surface area contributed by atoms with Crippen LogP contribution in [0.5, 0.6) is 0 Å². The van der Waals surface area contributed by atoms with Gasteiger partial charge in [-0.15, -0.1) is 11.3 Å². The topological polar surface area (TPSA) is 38.7 Å². The Morgan fingerprint density at radius 2 is 0.825 bits per heavy atom. The monoisotopic (exact) mass is 743 g/mol. The standard InChI is InChI=1S/C53H33N3S/c1-3-15-34(16-4-1)41-20-9-12-25-47(41)53-55-51(35-17-5-2-6-18-35)54-52(56-53)40-30-38(36-27-28-46-45-24-13-14-26-49(45)57-50(46)33-36)29-39(31-40)48-32-37-19-7-8-21-42(37)43-22-10-11-23-44(43)48/h1-33H. The molecule has 0 unspecified atom stereocenters. The van der Waals surface area contributed by atoms with Crippen LogP contribution in [0, 0.1) is 0 Å². The summed E-state index contributed by atoms with van der Waals surface area (Å²) in [6.07, 6.45) is 0. The second kappa shape index (κ2) is 13.8. The maximum atomic E-state index is 5.33. The van der Waals surface area contributed by atoms with Crippen LogP contribution in [-0.4, -0.2) is 15.0 Å². The maximum Gasteiger partial charge on any atom is 0.164 e. The van der Waals surface area contributed by atoms with Crippen LogP contribution in [0.15, 0.2) is 200 Å². The lowest BCUT2D eigenvalue weighted by atomic mass is 9.90. The molecule has 4 heteroatoms. The smallest absolute Gasteiger partial charge is 0.164 e. The van der Waals surface area contributed by atoms with Crippen LogP contribution < -0.4 is 0 Å². The van der Waals surface area contributed by atoms with E-state index in [1.165, 1.54) is 47.3 Å². The van der Waals surface area contributed by atoms with Crippen molar-refractivity contribution in [3.8, 4) is 67.5 Å². The van der Waals surface area contributed by atoms with E-state index in [4.69, 9.17) is 15.0 Å². The molecule has 11 aromatic rings. The van der Waals surface area contributed by atoms with Gasteiger partial charge in [0.25, 0.3) is 0 Å². The van der Waals surface area contributed by atoms with Gasteiger partial charge in [-0.1, -0.05) is 164 Å². The lowest BCUT2D eigenvalue weighted by Crippen LogP contribution is -2.01.